The van der Waals surface area contributed by atoms with Crippen LogP contribution in [-0.4, -0.2) is 12.3 Å². The van der Waals surface area contributed by atoms with Crippen molar-refractivity contribution < 1.29 is 4.79 Å². The zero-order valence-corrected chi connectivity index (χ0v) is 8.06. The van der Waals surface area contributed by atoms with Gasteiger partial charge >= 0.3 is 0 Å². The highest BCUT2D eigenvalue weighted by Crippen LogP contribution is 2.14. The third kappa shape index (κ3) is 1.98. The van der Waals surface area contributed by atoms with E-state index in [1.165, 1.54) is 11.3 Å². The first-order valence-electron chi connectivity index (χ1n) is 4.38. The molecule has 0 amide bonds. The Balaban J connectivity index is 2.10. The van der Waals surface area contributed by atoms with Crippen LogP contribution in [0.1, 0.15) is 22.5 Å². The number of carbonyl (C=O) groups is 1. The number of allylic oxidation sites excluding steroid dienone is 2. The summed E-state index contributed by atoms with van der Waals surface area (Å²) < 4.78 is 0. The molecule has 0 aromatic carbocycles. The van der Waals surface area contributed by atoms with Gasteiger partial charge in [-0.2, -0.15) is 0 Å². The van der Waals surface area contributed by atoms with Crippen molar-refractivity contribution in [3.63, 3.8) is 0 Å². The minimum Gasteiger partial charge on any atom is -0.388 e. The summed E-state index contributed by atoms with van der Waals surface area (Å²) in [6.07, 6.45) is 3.87. The van der Waals surface area contributed by atoms with Gasteiger partial charge < -0.3 is 5.32 Å². The molecule has 2 heterocycles. The fraction of sp³-hybridized carbons (Fsp3) is 0.300. The van der Waals surface area contributed by atoms with Crippen molar-refractivity contribution in [3.8, 4) is 0 Å². The molecule has 2 rings (SSSR count). The summed E-state index contributed by atoms with van der Waals surface area (Å²) in [5, 5.41) is 5.12. The van der Waals surface area contributed by atoms with Crippen LogP contribution >= 0.6 is 11.3 Å². The predicted octanol–water partition coefficient (Wildman–Crippen LogP) is 2.20. The van der Waals surface area contributed by atoms with Crippen LogP contribution in [-0.2, 0) is 0 Å². The van der Waals surface area contributed by atoms with E-state index in [1.807, 2.05) is 17.5 Å². The molecular weight excluding hydrogens is 182 g/mol. The van der Waals surface area contributed by atoms with Gasteiger partial charge in [-0.15, -0.1) is 11.3 Å². The van der Waals surface area contributed by atoms with Crippen molar-refractivity contribution in [1.29, 1.82) is 0 Å². The summed E-state index contributed by atoms with van der Waals surface area (Å²) in [6, 6.07) is 3.76. The van der Waals surface area contributed by atoms with E-state index in [0.717, 1.165) is 30.0 Å². The van der Waals surface area contributed by atoms with Crippen molar-refractivity contribution in [1.82, 2.24) is 5.32 Å². The molecule has 0 radical (unpaired) electrons. The molecule has 1 fully saturated rings. The molecule has 1 aliphatic rings. The molecule has 2 nitrogen and oxygen atoms in total. The van der Waals surface area contributed by atoms with Crippen LogP contribution in [0.2, 0.25) is 0 Å². The van der Waals surface area contributed by atoms with Crippen molar-refractivity contribution in [3.05, 3.63) is 34.2 Å². The Morgan fingerprint density at radius 2 is 2.54 bits per heavy atom. The first kappa shape index (κ1) is 8.51. The van der Waals surface area contributed by atoms with Gasteiger partial charge in [-0.25, -0.2) is 0 Å². The van der Waals surface area contributed by atoms with Crippen LogP contribution in [0.4, 0.5) is 0 Å². The Labute approximate surface area is 81.3 Å². The number of hydrogen-bond acceptors (Lipinski definition) is 3. The van der Waals surface area contributed by atoms with Crippen LogP contribution in [0.15, 0.2) is 29.3 Å². The van der Waals surface area contributed by atoms with E-state index in [2.05, 4.69) is 5.32 Å². The van der Waals surface area contributed by atoms with Gasteiger partial charge in [0, 0.05) is 18.3 Å². The summed E-state index contributed by atoms with van der Waals surface area (Å²) in [5.74, 6) is 0.124. The Bertz CT molecular complexity index is 319. The molecule has 1 saturated heterocycles. The first-order valence-corrected chi connectivity index (χ1v) is 5.26. The molecule has 0 saturated carbocycles. The zero-order valence-electron chi connectivity index (χ0n) is 7.25. The van der Waals surface area contributed by atoms with E-state index in [9.17, 15) is 4.79 Å². The van der Waals surface area contributed by atoms with Gasteiger partial charge in [-0.3, -0.25) is 4.79 Å². The van der Waals surface area contributed by atoms with Crippen molar-refractivity contribution in [2.75, 3.05) is 6.54 Å². The van der Waals surface area contributed by atoms with E-state index in [1.54, 1.807) is 6.08 Å². The average molecular weight is 193 g/mol. The van der Waals surface area contributed by atoms with Crippen LogP contribution in [0.25, 0.3) is 0 Å². The Morgan fingerprint density at radius 3 is 3.15 bits per heavy atom. The normalized spacial score (nSPS) is 18.9. The Kier molecular flexibility index (Phi) is 2.45. The molecule has 13 heavy (non-hydrogen) atoms. The zero-order chi connectivity index (χ0) is 9.10. The van der Waals surface area contributed by atoms with Gasteiger partial charge in [0.1, 0.15) is 0 Å². The Hall–Kier alpha value is -1.09. The molecule has 0 unspecified atom stereocenters. The minimum atomic E-state index is 0.124. The van der Waals surface area contributed by atoms with Crippen molar-refractivity contribution in [2.45, 2.75) is 12.8 Å². The van der Waals surface area contributed by atoms with E-state index in [4.69, 9.17) is 0 Å². The summed E-state index contributed by atoms with van der Waals surface area (Å²) in [6.45, 7) is 1.00. The van der Waals surface area contributed by atoms with Crippen LogP contribution in [0, 0.1) is 0 Å². The predicted molar refractivity (Wildman–Crippen MR) is 54.0 cm³/mol. The fourth-order valence-corrected chi connectivity index (χ4v) is 2.02. The molecule has 68 valence electrons. The van der Waals surface area contributed by atoms with E-state index >= 15 is 0 Å². The fourth-order valence-electron chi connectivity index (χ4n) is 1.39. The highest BCUT2D eigenvalue weighted by atomic mass is 32.1. The number of thiophene rings is 1. The third-order valence-electron chi connectivity index (χ3n) is 2.04. The van der Waals surface area contributed by atoms with Gasteiger partial charge in [0.15, 0.2) is 5.78 Å². The summed E-state index contributed by atoms with van der Waals surface area (Å²) >= 11 is 1.49. The van der Waals surface area contributed by atoms with Crippen LogP contribution in [0.3, 0.4) is 0 Å². The average Bonchev–Trinajstić information content (AvgIpc) is 2.74. The second-order valence-electron chi connectivity index (χ2n) is 3.04. The SMILES string of the molecule is O=C(/C=C1/CCCN1)c1cccs1. The molecule has 1 aromatic rings. The topological polar surface area (TPSA) is 29.1 Å². The quantitative estimate of drug-likeness (QED) is 0.576. The smallest absolute Gasteiger partial charge is 0.197 e. The summed E-state index contributed by atoms with van der Waals surface area (Å²) in [4.78, 5) is 12.4. The second kappa shape index (κ2) is 3.75. The lowest BCUT2D eigenvalue weighted by Crippen LogP contribution is -2.05. The highest BCUT2D eigenvalue weighted by molar-refractivity contribution is 7.12. The molecule has 1 aromatic heterocycles. The molecular formula is C10H11NOS. The summed E-state index contributed by atoms with van der Waals surface area (Å²) in [5.41, 5.74) is 1.08. The lowest BCUT2D eigenvalue weighted by Gasteiger charge is -1.95. The lowest BCUT2D eigenvalue weighted by atomic mass is 10.2. The molecule has 0 aliphatic carbocycles. The monoisotopic (exact) mass is 193 g/mol. The standard InChI is InChI=1S/C10H11NOS/c12-9(10-4-2-6-13-10)7-8-3-1-5-11-8/h2,4,6-7,11H,1,3,5H2/b8-7-. The van der Waals surface area contributed by atoms with Crippen LogP contribution in [0.5, 0.6) is 0 Å². The summed E-state index contributed by atoms with van der Waals surface area (Å²) in [7, 11) is 0. The second-order valence-corrected chi connectivity index (χ2v) is 3.99. The Morgan fingerprint density at radius 1 is 1.62 bits per heavy atom. The number of hydrogen-bond donors (Lipinski definition) is 1. The van der Waals surface area contributed by atoms with Gasteiger partial charge in [0.25, 0.3) is 0 Å². The lowest BCUT2D eigenvalue weighted by molar-refractivity contribution is 0.104. The number of rotatable bonds is 2. The molecule has 3 heteroatoms. The van der Waals surface area contributed by atoms with Gasteiger partial charge in [0.2, 0.25) is 0 Å². The number of ketones is 1. The van der Waals surface area contributed by atoms with E-state index in [-0.39, 0.29) is 5.78 Å². The molecule has 1 N–H and O–H groups in total. The molecule has 1 aliphatic heterocycles. The maximum absolute atomic E-state index is 11.6. The maximum Gasteiger partial charge on any atom is 0.197 e. The first-order chi connectivity index (χ1) is 6.36. The van der Waals surface area contributed by atoms with Gasteiger partial charge in [-0.05, 0) is 24.3 Å². The van der Waals surface area contributed by atoms with Gasteiger partial charge in [0.05, 0.1) is 4.88 Å². The van der Waals surface area contributed by atoms with E-state index in [0.29, 0.717) is 0 Å². The van der Waals surface area contributed by atoms with Gasteiger partial charge in [-0.1, -0.05) is 6.07 Å². The largest absolute Gasteiger partial charge is 0.388 e. The van der Waals surface area contributed by atoms with E-state index < -0.39 is 0 Å². The van der Waals surface area contributed by atoms with Crippen LogP contribution < -0.4 is 5.32 Å². The molecule has 0 spiro atoms. The number of nitrogens with one attached hydrogen (secondary N) is 1. The third-order valence-corrected chi connectivity index (χ3v) is 2.93. The highest BCUT2D eigenvalue weighted by Gasteiger charge is 2.09. The van der Waals surface area contributed by atoms with Crippen molar-refractivity contribution in [2.24, 2.45) is 0 Å². The maximum atomic E-state index is 11.6. The minimum absolute atomic E-state index is 0.124. The molecule has 0 atom stereocenters. The molecule has 0 bridgehead atoms. The van der Waals surface area contributed by atoms with Crippen molar-refractivity contribution >= 4 is 17.1 Å². The number of carbonyl (C=O) groups excluding carboxylic acids is 1.